The average molecular weight is 254 g/mol. The third-order valence-corrected chi connectivity index (χ3v) is 3.04. The maximum Gasteiger partial charge on any atom is 0.258 e. The number of amides is 1. The second-order valence-corrected chi connectivity index (χ2v) is 4.79. The molecule has 1 aromatic carbocycles. The van der Waals surface area contributed by atoms with Crippen LogP contribution in [0, 0.1) is 6.92 Å². The van der Waals surface area contributed by atoms with E-state index in [9.17, 15) is 4.79 Å². The molecule has 0 radical (unpaired) electrons. The highest BCUT2D eigenvalue weighted by molar-refractivity contribution is 6.06. The maximum atomic E-state index is 12.6. The molecular formula is C16H18N2O. The number of para-hydroxylation sites is 1. The minimum atomic E-state index is 0.00620. The summed E-state index contributed by atoms with van der Waals surface area (Å²) in [5.41, 5.74) is 2.71. The largest absolute Gasteiger partial charge is 0.306 e. The summed E-state index contributed by atoms with van der Waals surface area (Å²) in [6, 6.07) is 11.5. The number of anilines is 1. The first-order valence-electron chi connectivity index (χ1n) is 6.40. The van der Waals surface area contributed by atoms with Gasteiger partial charge in [-0.1, -0.05) is 18.2 Å². The van der Waals surface area contributed by atoms with E-state index in [0.717, 1.165) is 11.3 Å². The number of rotatable bonds is 3. The van der Waals surface area contributed by atoms with Gasteiger partial charge in [-0.05, 0) is 44.5 Å². The van der Waals surface area contributed by atoms with E-state index >= 15 is 0 Å². The lowest BCUT2D eigenvalue weighted by Gasteiger charge is -2.28. The second-order valence-electron chi connectivity index (χ2n) is 4.79. The molecule has 98 valence electrons. The molecule has 0 saturated carbocycles. The molecule has 0 aliphatic heterocycles. The number of pyridine rings is 1. The van der Waals surface area contributed by atoms with Crippen LogP contribution < -0.4 is 4.90 Å². The zero-order chi connectivity index (χ0) is 13.8. The van der Waals surface area contributed by atoms with Gasteiger partial charge < -0.3 is 4.90 Å². The van der Waals surface area contributed by atoms with E-state index in [0.29, 0.717) is 5.56 Å². The van der Waals surface area contributed by atoms with Crippen molar-refractivity contribution in [3.8, 4) is 0 Å². The van der Waals surface area contributed by atoms with E-state index in [1.54, 1.807) is 24.5 Å². The van der Waals surface area contributed by atoms with Crippen LogP contribution in [0.4, 0.5) is 5.69 Å². The van der Waals surface area contributed by atoms with E-state index in [1.165, 1.54) is 0 Å². The van der Waals surface area contributed by atoms with Crippen LogP contribution in [0.25, 0.3) is 0 Å². The summed E-state index contributed by atoms with van der Waals surface area (Å²) in [6.07, 6.45) is 3.28. The van der Waals surface area contributed by atoms with Gasteiger partial charge in [0.05, 0.1) is 0 Å². The Hall–Kier alpha value is -2.16. The highest BCUT2D eigenvalue weighted by atomic mass is 16.2. The minimum absolute atomic E-state index is 0.00620. The first-order valence-corrected chi connectivity index (χ1v) is 6.40. The molecule has 0 N–H and O–H groups in total. The fraction of sp³-hybridized carbons (Fsp3) is 0.250. The second kappa shape index (κ2) is 5.65. The molecule has 1 amide bonds. The van der Waals surface area contributed by atoms with E-state index in [-0.39, 0.29) is 11.9 Å². The summed E-state index contributed by atoms with van der Waals surface area (Å²) in [5.74, 6) is 0.00620. The molecule has 2 rings (SSSR count). The molecule has 2 aromatic rings. The van der Waals surface area contributed by atoms with Crippen LogP contribution in [0.1, 0.15) is 29.8 Å². The van der Waals surface area contributed by atoms with E-state index in [4.69, 9.17) is 0 Å². The van der Waals surface area contributed by atoms with Crippen molar-refractivity contribution in [1.29, 1.82) is 0 Å². The molecule has 0 bridgehead atoms. The third-order valence-electron chi connectivity index (χ3n) is 3.04. The zero-order valence-corrected chi connectivity index (χ0v) is 11.5. The number of aromatic nitrogens is 1. The summed E-state index contributed by atoms with van der Waals surface area (Å²) in [7, 11) is 0. The molecule has 1 heterocycles. The lowest BCUT2D eigenvalue weighted by atomic mass is 10.1. The highest BCUT2D eigenvalue weighted by Gasteiger charge is 2.21. The molecule has 3 nitrogen and oxygen atoms in total. The number of hydrogen-bond donors (Lipinski definition) is 0. The predicted octanol–water partition coefficient (Wildman–Crippen LogP) is 3.45. The lowest BCUT2D eigenvalue weighted by Crippen LogP contribution is -2.37. The van der Waals surface area contributed by atoms with Gasteiger partial charge in [-0.2, -0.15) is 0 Å². The van der Waals surface area contributed by atoms with Gasteiger partial charge >= 0.3 is 0 Å². The average Bonchev–Trinajstić information content (AvgIpc) is 2.42. The van der Waals surface area contributed by atoms with Gasteiger partial charge in [0.25, 0.3) is 5.91 Å². The topological polar surface area (TPSA) is 33.2 Å². The molecule has 0 fully saturated rings. The van der Waals surface area contributed by atoms with Crippen molar-refractivity contribution < 1.29 is 4.79 Å². The lowest BCUT2D eigenvalue weighted by molar-refractivity contribution is 0.0980. The normalized spacial score (nSPS) is 10.5. The fourth-order valence-electron chi connectivity index (χ4n) is 2.09. The first-order chi connectivity index (χ1) is 9.11. The fourth-order valence-corrected chi connectivity index (χ4v) is 2.09. The minimum Gasteiger partial charge on any atom is -0.306 e. The van der Waals surface area contributed by atoms with Gasteiger partial charge in [0, 0.05) is 29.7 Å². The molecule has 0 unspecified atom stereocenters. The smallest absolute Gasteiger partial charge is 0.258 e. The molecule has 0 aliphatic rings. The van der Waals surface area contributed by atoms with Crippen molar-refractivity contribution in [3.05, 3.63) is 59.9 Å². The van der Waals surface area contributed by atoms with Crippen molar-refractivity contribution in [2.75, 3.05) is 4.90 Å². The zero-order valence-electron chi connectivity index (χ0n) is 11.5. The van der Waals surface area contributed by atoms with Crippen molar-refractivity contribution in [2.45, 2.75) is 26.8 Å². The molecule has 3 heteroatoms. The van der Waals surface area contributed by atoms with Gasteiger partial charge in [-0.15, -0.1) is 0 Å². The van der Waals surface area contributed by atoms with Crippen molar-refractivity contribution >= 4 is 11.6 Å². The summed E-state index contributed by atoms with van der Waals surface area (Å²) < 4.78 is 0. The Morgan fingerprint density at radius 2 is 1.74 bits per heavy atom. The summed E-state index contributed by atoms with van der Waals surface area (Å²) in [4.78, 5) is 18.4. The van der Waals surface area contributed by atoms with Gasteiger partial charge in [-0.25, -0.2) is 0 Å². The number of carbonyl (C=O) groups excluding carboxylic acids is 1. The Bertz CT molecular complexity index is 564. The SMILES string of the molecule is Cc1ccccc1N(C(=O)c1ccncc1)C(C)C. The van der Waals surface area contributed by atoms with Gasteiger partial charge in [0.1, 0.15) is 0 Å². The first kappa shape index (κ1) is 13.3. The Balaban J connectivity index is 2.42. The quantitative estimate of drug-likeness (QED) is 0.840. The summed E-state index contributed by atoms with van der Waals surface area (Å²) in [6.45, 7) is 6.06. The molecule has 0 saturated heterocycles. The maximum absolute atomic E-state index is 12.6. The van der Waals surface area contributed by atoms with Crippen molar-refractivity contribution in [1.82, 2.24) is 4.98 Å². The van der Waals surface area contributed by atoms with Gasteiger partial charge in [0.15, 0.2) is 0 Å². The standard InChI is InChI=1S/C16H18N2O/c1-12(2)18(15-7-5-4-6-13(15)3)16(19)14-8-10-17-11-9-14/h4-12H,1-3H3. The van der Waals surface area contributed by atoms with Crippen molar-refractivity contribution in [2.24, 2.45) is 0 Å². The van der Waals surface area contributed by atoms with Crippen LogP contribution in [-0.4, -0.2) is 16.9 Å². The number of nitrogens with zero attached hydrogens (tertiary/aromatic N) is 2. The Morgan fingerprint density at radius 3 is 2.32 bits per heavy atom. The summed E-state index contributed by atoms with van der Waals surface area (Å²) >= 11 is 0. The molecule has 1 aromatic heterocycles. The molecular weight excluding hydrogens is 236 g/mol. The van der Waals surface area contributed by atoms with Crippen LogP contribution in [-0.2, 0) is 0 Å². The number of hydrogen-bond acceptors (Lipinski definition) is 2. The van der Waals surface area contributed by atoms with Gasteiger partial charge in [0.2, 0.25) is 0 Å². The van der Waals surface area contributed by atoms with E-state index in [2.05, 4.69) is 4.98 Å². The summed E-state index contributed by atoms with van der Waals surface area (Å²) in [5, 5.41) is 0. The predicted molar refractivity (Wildman–Crippen MR) is 77.4 cm³/mol. The van der Waals surface area contributed by atoms with E-state index < -0.39 is 0 Å². The molecule has 0 atom stereocenters. The van der Waals surface area contributed by atoms with Crippen LogP contribution in [0.3, 0.4) is 0 Å². The molecule has 19 heavy (non-hydrogen) atoms. The highest BCUT2D eigenvalue weighted by Crippen LogP contribution is 2.23. The Morgan fingerprint density at radius 1 is 1.11 bits per heavy atom. The monoisotopic (exact) mass is 254 g/mol. The number of benzene rings is 1. The molecule has 0 spiro atoms. The van der Waals surface area contributed by atoms with Crippen LogP contribution >= 0.6 is 0 Å². The Labute approximate surface area is 113 Å². The van der Waals surface area contributed by atoms with Crippen LogP contribution in [0.5, 0.6) is 0 Å². The van der Waals surface area contributed by atoms with Crippen LogP contribution in [0.15, 0.2) is 48.8 Å². The third kappa shape index (κ3) is 2.81. The Kier molecular flexibility index (Phi) is 3.95. The number of carbonyl (C=O) groups is 1. The molecule has 0 aliphatic carbocycles. The van der Waals surface area contributed by atoms with E-state index in [1.807, 2.05) is 49.9 Å². The van der Waals surface area contributed by atoms with Crippen LogP contribution in [0.2, 0.25) is 0 Å². The van der Waals surface area contributed by atoms with Gasteiger partial charge in [-0.3, -0.25) is 9.78 Å². The number of aryl methyl sites for hydroxylation is 1. The van der Waals surface area contributed by atoms with Crippen molar-refractivity contribution in [3.63, 3.8) is 0 Å².